The molecule has 6 heteroatoms. The first kappa shape index (κ1) is 16.1. The molecule has 0 unspecified atom stereocenters. The fourth-order valence-corrected chi connectivity index (χ4v) is 3.58. The van der Waals surface area contributed by atoms with E-state index in [0.717, 1.165) is 31.9 Å². The van der Waals surface area contributed by atoms with Crippen LogP contribution >= 0.6 is 27.3 Å². The van der Waals surface area contributed by atoms with E-state index in [1.54, 1.807) is 11.3 Å². The van der Waals surface area contributed by atoms with E-state index in [1.165, 1.54) is 0 Å². The Morgan fingerprint density at radius 2 is 2.04 bits per heavy atom. The summed E-state index contributed by atoms with van der Waals surface area (Å²) in [6.45, 7) is 0. The lowest BCUT2D eigenvalue weighted by Crippen LogP contribution is -2.14. The average Bonchev–Trinajstić information content (AvgIpc) is 3.19. The number of imidazole rings is 1. The number of nitrogens with zero attached hydrogens (tertiary/aromatic N) is 2. The maximum atomic E-state index is 12.3. The number of amides is 1. The number of rotatable bonds is 4. The molecule has 0 fully saturated rings. The van der Waals surface area contributed by atoms with Crippen molar-refractivity contribution in [1.82, 2.24) is 9.38 Å². The first-order valence-electron chi connectivity index (χ1n) is 7.74. The molecular weight excluding hydrogens is 398 g/mol. The van der Waals surface area contributed by atoms with Gasteiger partial charge in [0.25, 0.3) is 0 Å². The molecule has 0 spiro atoms. The van der Waals surface area contributed by atoms with Crippen LogP contribution in [0.5, 0.6) is 0 Å². The van der Waals surface area contributed by atoms with Crippen LogP contribution < -0.4 is 5.32 Å². The van der Waals surface area contributed by atoms with Crippen LogP contribution in [0.4, 0.5) is 5.69 Å². The number of hydrogen-bond acceptors (Lipinski definition) is 3. The van der Waals surface area contributed by atoms with E-state index in [4.69, 9.17) is 0 Å². The molecule has 124 valence electrons. The Morgan fingerprint density at radius 1 is 1.20 bits per heavy atom. The van der Waals surface area contributed by atoms with Crippen LogP contribution in [0.2, 0.25) is 0 Å². The molecule has 0 bridgehead atoms. The second-order valence-electron chi connectivity index (χ2n) is 5.65. The number of fused-ring (bicyclic) bond motifs is 1. The summed E-state index contributed by atoms with van der Waals surface area (Å²) in [5, 5.41) is 4.96. The van der Waals surface area contributed by atoms with Crippen molar-refractivity contribution in [3.8, 4) is 11.3 Å². The molecule has 4 aromatic rings. The van der Waals surface area contributed by atoms with Gasteiger partial charge in [-0.25, -0.2) is 4.98 Å². The number of aromatic nitrogens is 2. The zero-order valence-corrected chi connectivity index (χ0v) is 15.5. The molecule has 2 heterocycles. The van der Waals surface area contributed by atoms with Crippen LogP contribution in [0.25, 0.3) is 16.2 Å². The summed E-state index contributed by atoms with van der Waals surface area (Å²) >= 11 is 5.00. The van der Waals surface area contributed by atoms with Gasteiger partial charge < -0.3 is 5.32 Å². The van der Waals surface area contributed by atoms with Crippen molar-refractivity contribution in [3.63, 3.8) is 0 Å². The Kier molecular flexibility index (Phi) is 4.38. The Morgan fingerprint density at radius 3 is 2.84 bits per heavy atom. The fraction of sp³-hybridized carbons (Fsp3) is 0.0526. The van der Waals surface area contributed by atoms with Gasteiger partial charge >= 0.3 is 0 Å². The molecule has 2 aromatic heterocycles. The van der Waals surface area contributed by atoms with Gasteiger partial charge in [0.1, 0.15) is 0 Å². The van der Waals surface area contributed by atoms with Gasteiger partial charge in [0.15, 0.2) is 4.96 Å². The first-order valence-corrected chi connectivity index (χ1v) is 9.41. The summed E-state index contributed by atoms with van der Waals surface area (Å²) in [7, 11) is 0. The summed E-state index contributed by atoms with van der Waals surface area (Å²) in [5.41, 5.74) is 3.63. The topological polar surface area (TPSA) is 46.4 Å². The van der Waals surface area contributed by atoms with Crippen molar-refractivity contribution in [2.24, 2.45) is 0 Å². The average molecular weight is 412 g/mol. The van der Waals surface area contributed by atoms with E-state index in [0.29, 0.717) is 6.42 Å². The molecule has 4 nitrogen and oxygen atoms in total. The SMILES string of the molecule is O=C(Cc1ccc(Br)cc1)Nc1cccc(-c2cn3ccsc3n2)c1. The van der Waals surface area contributed by atoms with E-state index in [9.17, 15) is 4.79 Å². The normalized spacial score (nSPS) is 10.9. The van der Waals surface area contributed by atoms with Crippen molar-refractivity contribution in [3.05, 3.63) is 76.3 Å². The molecule has 0 aliphatic rings. The third kappa shape index (κ3) is 3.65. The Labute approximate surface area is 157 Å². The van der Waals surface area contributed by atoms with E-state index in [-0.39, 0.29) is 5.91 Å². The van der Waals surface area contributed by atoms with Gasteiger partial charge in [-0.05, 0) is 29.8 Å². The molecule has 2 aromatic carbocycles. The van der Waals surface area contributed by atoms with Crippen LogP contribution in [0.15, 0.2) is 70.8 Å². The van der Waals surface area contributed by atoms with Gasteiger partial charge in [0.05, 0.1) is 12.1 Å². The number of carbonyl (C=O) groups is 1. The maximum absolute atomic E-state index is 12.3. The molecule has 1 N–H and O–H groups in total. The lowest BCUT2D eigenvalue weighted by Gasteiger charge is -2.07. The molecule has 4 rings (SSSR count). The van der Waals surface area contributed by atoms with Crippen molar-refractivity contribution >= 4 is 43.8 Å². The van der Waals surface area contributed by atoms with Gasteiger partial charge in [0.2, 0.25) is 5.91 Å². The highest BCUT2D eigenvalue weighted by molar-refractivity contribution is 9.10. The van der Waals surface area contributed by atoms with Crippen molar-refractivity contribution in [2.45, 2.75) is 6.42 Å². The number of nitrogens with one attached hydrogen (secondary N) is 1. The zero-order chi connectivity index (χ0) is 17.2. The summed E-state index contributed by atoms with van der Waals surface area (Å²) in [5.74, 6) is -0.0368. The maximum Gasteiger partial charge on any atom is 0.228 e. The minimum Gasteiger partial charge on any atom is -0.326 e. The highest BCUT2D eigenvalue weighted by Crippen LogP contribution is 2.24. The summed E-state index contributed by atoms with van der Waals surface area (Å²) in [4.78, 5) is 17.8. The highest BCUT2D eigenvalue weighted by atomic mass is 79.9. The monoisotopic (exact) mass is 411 g/mol. The minimum atomic E-state index is -0.0368. The van der Waals surface area contributed by atoms with Gasteiger partial charge in [-0.3, -0.25) is 9.20 Å². The van der Waals surface area contributed by atoms with Crippen LogP contribution in [0.3, 0.4) is 0 Å². The van der Waals surface area contributed by atoms with Gasteiger partial charge in [0, 0.05) is 33.5 Å². The molecule has 0 saturated heterocycles. The lowest BCUT2D eigenvalue weighted by molar-refractivity contribution is -0.115. The minimum absolute atomic E-state index is 0.0368. The molecular formula is C19H14BrN3OS. The Balaban J connectivity index is 1.50. The third-order valence-corrected chi connectivity index (χ3v) is 5.11. The Hall–Kier alpha value is -2.44. The summed E-state index contributed by atoms with van der Waals surface area (Å²) < 4.78 is 3.00. The molecule has 0 saturated carbocycles. The smallest absolute Gasteiger partial charge is 0.228 e. The van der Waals surface area contributed by atoms with E-state index in [2.05, 4.69) is 26.2 Å². The second-order valence-corrected chi connectivity index (χ2v) is 7.44. The summed E-state index contributed by atoms with van der Waals surface area (Å²) in [6, 6.07) is 15.5. The van der Waals surface area contributed by atoms with Crippen molar-refractivity contribution < 1.29 is 4.79 Å². The first-order chi connectivity index (χ1) is 12.2. The molecule has 0 atom stereocenters. The van der Waals surface area contributed by atoms with Crippen LogP contribution in [-0.2, 0) is 11.2 Å². The predicted octanol–water partition coefficient (Wildman–Crippen LogP) is 5.01. The van der Waals surface area contributed by atoms with Crippen LogP contribution in [0, 0.1) is 0 Å². The molecule has 25 heavy (non-hydrogen) atoms. The second kappa shape index (κ2) is 6.82. The quantitative estimate of drug-likeness (QED) is 0.513. The fourth-order valence-electron chi connectivity index (χ4n) is 2.62. The van der Waals surface area contributed by atoms with Crippen molar-refractivity contribution in [2.75, 3.05) is 5.32 Å². The number of benzene rings is 2. The lowest BCUT2D eigenvalue weighted by atomic mass is 10.1. The molecule has 0 aliphatic carbocycles. The number of halogens is 1. The van der Waals surface area contributed by atoms with Gasteiger partial charge in [-0.2, -0.15) is 0 Å². The predicted molar refractivity (Wildman–Crippen MR) is 105 cm³/mol. The highest BCUT2D eigenvalue weighted by Gasteiger charge is 2.08. The standard InChI is InChI=1S/C19H14BrN3OS/c20-15-6-4-13(5-7-15)10-18(24)21-16-3-1-2-14(11-16)17-12-23-8-9-25-19(23)22-17/h1-9,11-12H,10H2,(H,21,24). The number of anilines is 1. The third-order valence-electron chi connectivity index (χ3n) is 3.81. The van der Waals surface area contributed by atoms with Gasteiger partial charge in [-0.1, -0.05) is 40.2 Å². The van der Waals surface area contributed by atoms with Crippen LogP contribution in [0.1, 0.15) is 5.56 Å². The van der Waals surface area contributed by atoms with E-state index in [1.807, 2.05) is 70.7 Å². The number of carbonyl (C=O) groups excluding carboxylic acids is 1. The number of hydrogen-bond donors (Lipinski definition) is 1. The van der Waals surface area contributed by atoms with Gasteiger partial charge in [-0.15, -0.1) is 11.3 Å². The molecule has 0 radical (unpaired) electrons. The largest absolute Gasteiger partial charge is 0.326 e. The molecule has 1 amide bonds. The summed E-state index contributed by atoms with van der Waals surface area (Å²) in [6.07, 6.45) is 4.33. The van der Waals surface area contributed by atoms with Crippen LogP contribution in [-0.4, -0.2) is 15.3 Å². The zero-order valence-electron chi connectivity index (χ0n) is 13.1. The van der Waals surface area contributed by atoms with E-state index < -0.39 is 0 Å². The Bertz CT molecular complexity index is 1010. The number of thiazole rings is 1. The molecule has 0 aliphatic heterocycles. The van der Waals surface area contributed by atoms with Crippen molar-refractivity contribution in [1.29, 1.82) is 0 Å². The van der Waals surface area contributed by atoms with E-state index >= 15 is 0 Å².